The van der Waals surface area contributed by atoms with Crippen molar-refractivity contribution in [1.29, 1.82) is 0 Å². The summed E-state index contributed by atoms with van der Waals surface area (Å²) in [6, 6.07) is 6.26. The molecule has 0 amide bonds. The zero-order valence-electron chi connectivity index (χ0n) is 16.2. The normalized spacial score (nSPS) is 12.3. The molecule has 0 atom stereocenters. The Hall–Kier alpha value is -1.04. The van der Waals surface area contributed by atoms with Gasteiger partial charge in [-0.05, 0) is 43.4 Å². The number of anilines is 1. The molecule has 0 saturated carbocycles. The van der Waals surface area contributed by atoms with Gasteiger partial charge in [0.05, 0.1) is 21.4 Å². The summed E-state index contributed by atoms with van der Waals surface area (Å²) in [6.45, 7) is 5.64. The number of phenolic OH excluding ortho intramolecular Hbond substituents is 1. The smallest absolute Gasteiger partial charge is 0.265 e. The average molecular weight is 560 g/mol. The quantitative estimate of drug-likeness (QED) is 0.472. The third kappa shape index (κ3) is 6.24. The minimum Gasteiger partial charge on any atom is -0.505 e. The van der Waals surface area contributed by atoms with Crippen molar-refractivity contribution in [2.45, 2.75) is 23.6 Å². The first-order valence-electron chi connectivity index (χ1n) is 8.86. The van der Waals surface area contributed by atoms with Crippen molar-refractivity contribution >= 4 is 64.7 Å². The lowest BCUT2D eigenvalue weighted by atomic mass is 10.3. The van der Waals surface area contributed by atoms with Crippen LogP contribution in [0.2, 0.25) is 10.0 Å². The maximum Gasteiger partial charge on any atom is 0.265 e. The molecule has 0 aliphatic heterocycles. The molecule has 0 fully saturated rings. The molecule has 2 aromatic carbocycles. The van der Waals surface area contributed by atoms with Gasteiger partial charge in [-0.25, -0.2) is 16.8 Å². The lowest BCUT2D eigenvalue weighted by molar-refractivity contribution is 0.321. The van der Waals surface area contributed by atoms with E-state index in [0.29, 0.717) is 24.1 Å². The summed E-state index contributed by atoms with van der Waals surface area (Å²) in [5, 5.41) is 9.94. The Labute approximate surface area is 195 Å². The molecule has 2 rings (SSSR count). The first kappa shape index (κ1) is 25.2. The van der Waals surface area contributed by atoms with Crippen LogP contribution in [0.5, 0.6) is 5.75 Å². The molecule has 0 heterocycles. The van der Waals surface area contributed by atoms with Gasteiger partial charge in [0.2, 0.25) is 0 Å². The van der Waals surface area contributed by atoms with Gasteiger partial charge < -0.3 is 10.0 Å². The van der Waals surface area contributed by atoms with Gasteiger partial charge in [0.15, 0.2) is 15.6 Å². The Balaban J connectivity index is 2.38. The number of hydrogen-bond acceptors (Lipinski definition) is 6. The molecule has 0 unspecified atom stereocenters. The highest BCUT2D eigenvalue weighted by Crippen LogP contribution is 2.35. The molecule has 0 saturated heterocycles. The summed E-state index contributed by atoms with van der Waals surface area (Å²) in [4.78, 5) is 1.40. The first-order chi connectivity index (χ1) is 13.9. The van der Waals surface area contributed by atoms with Crippen molar-refractivity contribution in [3.8, 4) is 5.75 Å². The Morgan fingerprint density at radius 2 is 1.67 bits per heavy atom. The molecule has 12 heteroatoms. The topological polar surface area (TPSA) is 104 Å². The SMILES string of the molecule is CCN(CC)CCS(=O)(=O)c1cc(Cl)cc(NS(=O)(=O)c2cc(Br)cc(Cl)c2O)c1. The highest BCUT2D eigenvalue weighted by molar-refractivity contribution is 9.10. The van der Waals surface area contributed by atoms with E-state index in [1.54, 1.807) is 0 Å². The third-order valence-electron chi connectivity index (χ3n) is 4.34. The number of benzene rings is 2. The van der Waals surface area contributed by atoms with Gasteiger partial charge in [0.1, 0.15) is 4.90 Å². The molecule has 0 aliphatic rings. The van der Waals surface area contributed by atoms with Crippen LogP contribution >= 0.6 is 39.1 Å². The highest BCUT2D eigenvalue weighted by atomic mass is 79.9. The molecule has 2 N–H and O–H groups in total. The van der Waals surface area contributed by atoms with E-state index in [-0.39, 0.29) is 26.4 Å². The van der Waals surface area contributed by atoms with Crippen LogP contribution in [0.3, 0.4) is 0 Å². The monoisotopic (exact) mass is 558 g/mol. The maximum atomic E-state index is 12.7. The van der Waals surface area contributed by atoms with Gasteiger partial charge in [-0.3, -0.25) is 4.72 Å². The number of hydrogen-bond donors (Lipinski definition) is 2. The average Bonchev–Trinajstić information content (AvgIpc) is 2.64. The van der Waals surface area contributed by atoms with E-state index >= 15 is 0 Å². The maximum absolute atomic E-state index is 12.7. The largest absolute Gasteiger partial charge is 0.505 e. The number of halogens is 3. The predicted octanol–water partition coefficient (Wildman–Crippen LogP) is 4.38. The molecule has 166 valence electrons. The van der Waals surface area contributed by atoms with Crippen LogP contribution in [-0.2, 0) is 19.9 Å². The summed E-state index contributed by atoms with van der Waals surface area (Å²) in [5.41, 5.74) is -0.0561. The molecular formula is C18H21BrCl2N2O5S2. The van der Waals surface area contributed by atoms with Crippen LogP contribution in [0.1, 0.15) is 13.8 Å². The number of nitrogens with zero attached hydrogens (tertiary/aromatic N) is 1. The standard InChI is InChI=1S/C18H21BrCl2N2O5S2/c1-3-23(4-2)5-6-29(25,26)15-10-13(20)9-14(11-15)22-30(27,28)17-8-12(19)7-16(21)18(17)24/h7-11,22,24H,3-6H2,1-2H3. The molecule has 2 aromatic rings. The predicted molar refractivity (Wildman–Crippen MR) is 123 cm³/mol. The van der Waals surface area contributed by atoms with Crippen molar-refractivity contribution in [2.75, 3.05) is 30.1 Å². The molecular weight excluding hydrogens is 539 g/mol. The Morgan fingerprint density at radius 1 is 1.03 bits per heavy atom. The third-order valence-corrected chi connectivity index (χ3v) is 8.37. The van der Waals surface area contributed by atoms with Gasteiger partial charge in [-0.15, -0.1) is 0 Å². The van der Waals surface area contributed by atoms with Crippen LogP contribution in [0.4, 0.5) is 5.69 Å². The second-order valence-electron chi connectivity index (χ2n) is 6.36. The summed E-state index contributed by atoms with van der Waals surface area (Å²) >= 11 is 15.0. The van der Waals surface area contributed by atoms with Crippen LogP contribution < -0.4 is 4.72 Å². The van der Waals surface area contributed by atoms with Crippen molar-refractivity contribution in [3.05, 3.63) is 44.8 Å². The Kier molecular flexibility index (Phi) is 8.45. The molecule has 0 bridgehead atoms. The molecule has 0 spiro atoms. The second kappa shape index (κ2) is 10.1. The van der Waals surface area contributed by atoms with Crippen molar-refractivity contribution < 1.29 is 21.9 Å². The number of rotatable bonds is 9. The highest BCUT2D eigenvalue weighted by Gasteiger charge is 2.23. The van der Waals surface area contributed by atoms with Crippen LogP contribution in [0, 0.1) is 0 Å². The number of sulfone groups is 1. The lowest BCUT2D eigenvalue weighted by Crippen LogP contribution is -2.29. The van der Waals surface area contributed by atoms with Gasteiger partial charge in [0, 0.05) is 16.0 Å². The van der Waals surface area contributed by atoms with Gasteiger partial charge in [-0.2, -0.15) is 0 Å². The van der Waals surface area contributed by atoms with E-state index in [1.807, 2.05) is 18.7 Å². The fourth-order valence-corrected chi connectivity index (χ4v) is 6.51. The molecule has 7 nitrogen and oxygen atoms in total. The fourth-order valence-electron chi connectivity index (χ4n) is 2.67. The number of aromatic hydroxyl groups is 1. The van der Waals surface area contributed by atoms with Crippen LogP contribution in [-0.4, -0.2) is 52.2 Å². The second-order valence-corrected chi connectivity index (χ2v) is 11.9. The van der Waals surface area contributed by atoms with E-state index < -0.39 is 30.5 Å². The zero-order valence-corrected chi connectivity index (χ0v) is 20.9. The van der Waals surface area contributed by atoms with E-state index in [2.05, 4.69) is 20.7 Å². The summed E-state index contributed by atoms with van der Waals surface area (Å²) in [7, 11) is -7.98. The summed E-state index contributed by atoms with van der Waals surface area (Å²) in [5.74, 6) is -0.759. The number of phenols is 1. The van der Waals surface area contributed by atoms with Crippen molar-refractivity contribution in [1.82, 2.24) is 4.90 Å². The summed E-state index contributed by atoms with van der Waals surface area (Å²) in [6.07, 6.45) is 0. The van der Waals surface area contributed by atoms with Crippen LogP contribution in [0.25, 0.3) is 0 Å². The van der Waals surface area contributed by atoms with Crippen molar-refractivity contribution in [3.63, 3.8) is 0 Å². The molecule has 30 heavy (non-hydrogen) atoms. The van der Waals surface area contributed by atoms with E-state index in [0.717, 1.165) is 0 Å². The summed E-state index contributed by atoms with van der Waals surface area (Å²) < 4.78 is 53.5. The Morgan fingerprint density at radius 3 is 2.27 bits per heavy atom. The minimum atomic E-state index is -4.28. The minimum absolute atomic E-state index is 0.0492. The van der Waals surface area contributed by atoms with Crippen molar-refractivity contribution in [2.24, 2.45) is 0 Å². The van der Waals surface area contributed by atoms with Crippen LogP contribution in [0.15, 0.2) is 44.6 Å². The van der Waals surface area contributed by atoms with E-state index in [9.17, 15) is 21.9 Å². The number of sulfonamides is 1. The molecule has 0 radical (unpaired) electrons. The molecule has 0 aliphatic carbocycles. The van der Waals surface area contributed by atoms with Gasteiger partial charge in [0.25, 0.3) is 10.0 Å². The van der Waals surface area contributed by atoms with Gasteiger partial charge >= 0.3 is 0 Å². The van der Waals surface area contributed by atoms with E-state index in [1.165, 1.54) is 30.3 Å². The van der Waals surface area contributed by atoms with Gasteiger partial charge in [-0.1, -0.05) is 53.0 Å². The Bertz CT molecular complexity index is 1140. The fraction of sp³-hybridized carbons (Fsp3) is 0.333. The zero-order chi connectivity index (χ0) is 22.7. The lowest BCUT2D eigenvalue weighted by Gasteiger charge is -2.18. The number of nitrogens with one attached hydrogen (secondary N) is 1. The van der Waals surface area contributed by atoms with E-state index in [4.69, 9.17) is 23.2 Å². The first-order valence-corrected chi connectivity index (χ1v) is 13.5. The molecule has 0 aromatic heterocycles.